The van der Waals surface area contributed by atoms with Gasteiger partial charge in [-0.25, -0.2) is 17.8 Å². The van der Waals surface area contributed by atoms with Gasteiger partial charge in [-0.05, 0) is 55.4 Å². The van der Waals surface area contributed by atoms with Crippen LogP contribution < -0.4 is 9.64 Å². The minimum Gasteiger partial charge on any atom is -0.492 e. The first-order chi connectivity index (χ1) is 16.8. The molecule has 1 saturated heterocycles. The number of ketones is 1. The molecular formula is C25H26F4N2O4S. The molecule has 0 N–H and O–H groups in total. The smallest absolute Gasteiger partial charge is 0.417 e. The minimum atomic E-state index is -4.44. The van der Waals surface area contributed by atoms with Gasteiger partial charge in [0.2, 0.25) is 0 Å². The van der Waals surface area contributed by atoms with Crippen LogP contribution in [-0.2, 0) is 16.0 Å². The zero-order valence-corrected chi connectivity index (χ0v) is 20.5. The Bertz CT molecular complexity index is 1280. The Morgan fingerprint density at radius 2 is 1.86 bits per heavy atom. The third-order valence-corrected chi connectivity index (χ3v) is 9.05. The summed E-state index contributed by atoms with van der Waals surface area (Å²) in [6.07, 6.45) is -0.790. The summed E-state index contributed by atoms with van der Waals surface area (Å²) >= 11 is 0. The number of rotatable bonds is 9. The highest BCUT2D eigenvalue weighted by Crippen LogP contribution is 2.46. The Balaban J connectivity index is 1.24. The number of hydrogen-bond acceptors (Lipinski definition) is 6. The zero-order chi connectivity index (χ0) is 25.9. The van der Waals surface area contributed by atoms with Crippen molar-refractivity contribution >= 4 is 21.4 Å². The molecule has 2 aliphatic carbocycles. The quantitative estimate of drug-likeness (QED) is 0.346. The number of ether oxygens (including phenoxy) is 1. The summed E-state index contributed by atoms with van der Waals surface area (Å²) in [4.78, 5) is 18.4. The van der Waals surface area contributed by atoms with Crippen LogP contribution in [0.1, 0.15) is 60.0 Å². The number of Topliss-reactive ketones (excluding diaryl/α,β-unsaturated/α-hetero) is 1. The van der Waals surface area contributed by atoms with Crippen molar-refractivity contribution in [2.24, 2.45) is 5.41 Å². The second-order valence-corrected chi connectivity index (χ2v) is 12.7. The summed E-state index contributed by atoms with van der Waals surface area (Å²) in [6.45, 7) is 3.21. The molecule has 3 fully saturated rings. The Kier molecular flexibility index (Phi) is 6.04. The Labute approximate surface area is 206 Å². The molecule has 0 radical (unpaired) electrons. The van der Waals surface area contributed by atoms with E-state index in [9.17, 15) is 30.8 Å². The van der Waals surface area contributed by atoms with Gasteiger partial charge >= 0.3 is 6.18 Å². The maximum Gasteiger partial charge on any atom is 0.417 e. The molecule has 1 aliphatic heterocycles. The second-order valence-electron chi connectivity index (χ2n) is 10.4. The molecule has 0 bridgehead atoms. The van der Waals surface area contributed by atoms with Gasteiger partial charge in [-0.2, -0.15) is 13.2 Å². The average Bonchev–Trinajstić information content (AvgIpc) is 3.67. The van der Waals surface area contributed by atoms with Gasteiger partial charge < -0.3 is 9.64 Å². The van der Waals surface area contributed by atoms with Gasteiger partial charge in [0.15, 0.2) is 15.6 Å². The number of pyridine rings is 1. The van der Waals surface area contributed by atoms with Gasteiger partial charge in [0.25, 0.3) is 0 Å². The lowest BCUT2D eigenvalue weighted by Crippen LogP contribution is -2.58. The Hall–Kier alpha value is -2.69. The number of hydrogen-bond donors (Lipinski definition) is 0. The molecule has 36 heavy (non-hydrogen) atoms. The number of benzene rings is 1. The lowest BCUT2D eigenvalue weighted by Gasteiger charge is -2.48. The van der Waals surface area contributed by atoms with E-state index in [0.717, 1.165) is 25.1 Å². The predicted octanol–water partition coefficient (Wildman–Crippen LogP) is 4.78. The maximum atomic E-state index is 14.9. The zero-order valence-electron chi connectivity index (χ0n) is 19.6. The monoisotopic (exact) mass is 526 g/mol. The van der Waals surface area contributed by atoms with E-state index in [2.05, 4.69) is 4.98 Å². The van der Waals surface area contributed by atoms with Crippen molar-refractivity contribution in [1.82, 2.24) is 4.98 Å². The van der Waals surface area contributed by atoms with Gasteiger partial charge in [-0.15, -0.1) is 0 Å². The van der Waals surface area contributed by atoms with Crippen molar-refractivity contribution < 1.29 is 35.5 Å². The number of aromatic nitrogens is 1. The number of carbonyl (C=O) groups is 1. The highest BCUT2D eigenvalue weighted by atomic mass is 32.2. The first kappa shape index (κ1) is 25.0. The van der Waals surface area contributed by atoms with Crippen LogP contribution in [0, 0.1) is 11.2 Å². The van der Waals surface area contributed by atoms with Crippen LogP contribution in [0.5, 0.6) is 5.75 Å². The van der Waals surface area contributed by atoms with Crippen molar-refractivity contribution in [3.05, 3.63) is 53.0 Å². The average molecular weight is 527 g/mol. The summed E-state index contributed by atoms with van der Waals surface area (Å²) in [5, 5.41) is -0.490. The molecule has 0 unspecified atom stereocenters. The van der Waals surface area contributed by atoms with E-state index in [1.54, 1.807) is 0 Å². The van der Waals surface area contributed by atoms with Gasteiger partial charge in [-0.1, -0.05) is 6.92 Å². The fourth-order valence-electron chi connectivity index (χ4n) is 4.55. The minimum absolute atomic E-state index is 0.134. The van der Waals surface area contributed by atoms with E-state index >= 15 is 0 Å². The van der Waals surface area contributed by atoms with Crippen LogP contribution in [0.25, 0.3) is 0 Å². The topological polar surface area (TPSA) is 76.6 Å². The summed E-state index contributed by atoms with van der Waals surface area (Å²) in [5.74, 6) is -1.32. The van der Waals surface area contributed by atoms with Gasteiger partial charge in [0.1, 0.15) is 23.1 Å². The van der Waals surface area contributed by atoms with E-state index in [1.165, 1.54) is 18.2 Å². The van der Waals surface area contributed by atoms with Crippen molar-refractivity contribution in [1.29, 1.82) is 0 Å². The van der Waals surface area contributed by atoms with Crippen molar-refractivity contribution in [3.63, 3.8) is 0 Å². The van der Waals surface area contributed by atoms with Gasteiger partial charge in [-0.3, -0.25) is 4.79 Å². The summed E-state index contributed by atoms with van der Waals surface area (Å²) < 4.78 is 83.5. The highest BCUT2D eigenvalue weighted by molar-refractivity contribution is 7.93. The molecule has 2 aromatic rings. The maximum absolute atomic E-state index is 14.9. The fourth-order valence-corrected chi connectivity index (χ4v) is 6.16. The van der Waals surface area contributed by atoms with Crippen LogP contribution in [0.2, 0.25) is 0 Å². The molecule has 2 saturated carbocycles. The molecule has 1 aromatic carbocycles. The molecule has 2 heterocycles. The van der Waals surface area contributed by atoms with Crippen LogP contribution in [0.4, 0.5) is 23.4 Å². The molecule has 0 amide bonds. The molecule has 11 heteroatoms. The van der Waals surface area contributed by atoms with Crippen LogP contribution in [-0.4, -0.2) is 49.9 Å². The van der Waals surface area contributed by atoms with Gasteiger partial charge in [0.05, 0.1) is 23.0 Å². The largest absolute Gasteiger partial charge is 0.492 e. The molecule has 1 aromatic heterocycles. The second kappa shape index (κ2) is 8.71. The molecular weight excluding hydrogens is 500 g/mol. The number of alkyl halides is 3. The van der Waals surface area contributed by atoms with Crippen molar-refractivity contribution in [2.75, 3.05) is 30.3 Å². The number of anilines is 1. The number of sulfone groups is 1. The van der Waals surface area contributed by atoms with Gasteiger partial charge in [0, 0.05) is 30.8 Å². The Morgan fingerprint density at radius 3 is 2.42 bits per heavy atom. The van der Waals surface area contributed by atoms with E-state index in [4.69, 9.17) is 4.74 Å². The van der Waals surface area contributed by atoms with Crippen LogP contribution in [0.3, 0.4) is 0 Å². The highest BCUT2D eigenvalue weighted by Gasteiger charge is 2.42. The standard InChI is InChI=1S/C25H26F4N2O4S/c1-24(12-31(13-24)23-7-4-16(10-30-23)25(27,28)29)14-35-22-9-20(26)19(8-18(22)15-2-3-15)21(32)11-36(33,34)17-5-6-17/h4,7-10,15,17H,2-3,5-6,11-14H2,1H3. The third-order valence-electron chi connectivity index (χ3n) is 6.90. The third kappa shape index (κ3) is 5.21. The SMILES string of the molecule is CC1(COc2cc(F)c(C(=O)CS(=O)(=O)C3CC3)cc2C2CC2)CN(c2ccc(C(F)(F)F)cn2)C1. The van der Waals surface area contributed by atoms with Crippen molar-refractivity contribution in [2.45, 2.75) is 50.0 Å². The first-order valence-electron chi connectivity index (χ1n) is 11.8. The number of carbonyl (C=O) groups excluding carboxylic acids is 1. The lowest BCUT2D eigenvalue weighted by molar-refractivity contribution is -0.137. The summed E-state index contributed by atoms with van der Waals surface area (Å²) in [5.41, 5.74) is -0.649. The van der Waals surface area contributed by atoms with Crippen molar-refractivity contribution in [3.8, 4) is 5.75 Å². The number of halogens is 4. The molecule has 194 valence electrons. The number of nitrogens with zero attached hydrogens (tertiary/aromatic N) is 2. The van der Waals surface area contributed by atoms with E-state index in [0.29, 0.717) is 43.1 Å². The normalized spacial score (nSPS) is 19.6. The van der Waals surface area contributed by atoms with Crippen LogP contribution >= 0.6 is 0 Å². The summed E-state index contributed by atoms with van der Waals surface area (Å²) in [7, 11) is -3.56. The first-order valence-corrected chi connectivity index (χ1v) is 13.6. The molecule has 0 spiro atoms. The predicted molar refractivity (Wildman–Crippen MR) is 125 cm³/mol. The molecule has 3 aliphatic rings. The molecule has 6 nitrogen and oxygen atoms in total. The van der Waals surface area contributed by atoms with E-state index < -0.39 is 44.2 Å². The Morgan fingerprint density at radius 1 is 1.17 bits per heavy atom. The molecule has 5 rings (SSSR count). The summed E-state index contributed by atoms with van der Waals surface area (Å²) in [6, 6.07) is 4.94. The van der Waals surface area contributed by atoms with E-state index in [-0.39, 0.29) is 23.5 Å². The van der Waals surface area contributed by atoms with E-state index in [1.807, 2.05) is 11.8 Å². The van der Waals surface area contributed by atoms with Crippen LogP contribution in [0.15, 0.2) is 30.5 Å². The molecule has 0 atom stereocenters. The fraction of sp³-hybridized carbons (Fsp3) is 0.520. The lowest BCUT2D eigenvalue weighted by atomic mass is 9.83.